The average molecular weight is 438 g/mol. The first-order valence-electron chi connectivity index (χ1n) is 9.13. The monoisotopic (exact) mass is 437 g/mol. The molecule has 2 aromatic carbocycles. The molecule has 9 heteroatoms. The first-order chi connectivity index (χ1) is 13.9. The van der Waals surface area contributed by atoms with Crippen molar-refractivity contribution in [2.45, 2.75) is 25.0 Å². The van der Waals surface area contributed by atoms with E-state index < -0.39 is 6.10 Å². The van der Waals surface area contributed by atoms with Crippen molar-refractivity contribution in [3.63, 3.8) is 0 Å². The van der Waals surface area contributed by atoms with E-state index in [1.54, 1.807) is 42.5 Å². The van der Waals surface area contributed by atoms with E-state index >= 15 is 0 Å². The maximum atomic E-state index is 12.2. The predicted molar refractivity (Wildman–Crippen MR) is 112 cm³/mol. The number of urea groups is 1. The summed E-state index contributed by atoms with van der Waals surface area (Å²) in [5.74, 6) is 0.0113. The molecule has 3 amide bonds. The van der Waals surface area contributed by atoms with Crippen LogP contribution in [0.2, 0.25) is 10.0 Å². The van der Waals surface area contributed by atoms with Crippen molar-refractivity contribution in [3.8, 4) is 5.75 Å². The van der Waals surface area contributed by atoms with Gasteiger partial charge < -0.3 is 25.8 Å². The minimum absolute atomic E-state index is 0.000807. The second kappa shape index (κ2) is 9.82. The number of nitrogens with one attached hydrogen (secondary N) is 3. The normalized spacial score (nSPS) is 14.0. The number of ether oxygens (including phenoxy) is 1. The van der Waals surface area contributed by atoms with Gasteiger partial charge in [-0.2, -0.15) is 0 Å². The Morgan fingerprint density at radius 1 is 1.14 bits per heavy atom. The molecule has 1 aliphatic rings. The highest BCUT2D eigenvalue weighted by Gasteiger charge is 2.23. The molecule has 0 spiro atoms. The van der Waals surface area contributed by atoms with E-state index in [0.29, 0.717) is 22.0 Å². The number of halogens is 2. The van der Waals surface area contributed by atoms with Crippen molar-refractivity contribution in [3.05, 3.63) is 58.1 Å². The molecule has 1 aliphatic carbocycles. The maximum absolute atomic E-state index is 12.2. The molecule has 1 saturated carbocycles. The third kappa shape index (κ3) is 6.52. The first-order valence-corrected chi connectivity index (χ1v) is 9.88. The molecule has 29 heavy (non-hydrogen) atoms. The molecule has 4 N–H and O–H groups in total. The SMILES string of the molecule is O=C(Nc1ccc(C(=O)NCC(O)COc2cccc(Cl)c2Cl)cc1)NC1CC1. The van der Waals surface area contributed by atoms with E-state index in [-0.39, 0.29) is 36.2 Å². The molecule has 3 rings (SSSR count). The molecule has 1 atom stereocenters. The highest BCUT2D eigenvalue weighted by molar-refractivity contribution is 6.42. The van der Waals surface area contributed by atoms with Crippen LogP contribution in [0.5, 0.6) is 5.75 Å². The Bertz CT molecular complexity index is 873. The van der Waals surface area contributed by atoms with Gasteiger partial charge in [0, 0.05) is 23.8 Å². The molecule has 0 aromatic heterocycles. The van der Waals surface area contributed by atoms with Gasteiger partial charge in [0.2, 0.25) is 0 Å². The molecule has 7 nitrogen and oxygen atoms in total. The number of aliphatic hydroxyl groups is 1. The van der Waals surface area contributed by atoms with E-state index in [4.69, 9.17) is 27.9 Å². The molecule has 0 heterocycles. The lowest BCUT2D eigenvalue weighted by atomic mass is 10.2. The lowest BCUT2D eigenvalue weighted by Crippen LogP contribution is -2.35. The van der Waals surface area contributed by atoms with E-state index in [1.165, 1.54) is 0 Å². The highest BCUT2D eigenvalue weighted by atomic mass is 35.5. The van der Waals surface area contributed by atoms with Gasteiger partial charge in [-0.1, -0.05) is 29.3 Å². The minimum atomic E-state index is -0.930. The van der Waals surface area contributed by atoms with Gasteiger partial charge in [0.05, 0.1) is 5.02 Å². The Balaban J connectivity index is 1.42. The van der Waals surface area contributed by atoms with Gasteiger partial charge in [-0.15, -0.1) is 0 Å². The van der Waals surface area contributed by atoms with Crippen LogP contribution in [0.3, 0.4) is 0 Å². The van der Waals surface area contributed by atoms with Crippen LogP contribution in [0.15, 0.2) is 42.5 Å². The van der Waals surface area contributed by atoms with Crippen LogP contribution < -0.4 is 20.7 Å². The van der Waals surface area contributed by atoms with Crippen molar-refractivity contribution in [1.82, 2.24) is 10.6 Å². The van der Waals surface area contributed by atoms with Gasteiger partial charge in [-0.05, 0) is 49.2 Å². The minimum Gasteiger partial charge on any atom is -0.489 e. The van der Waals surface area contributed by atoms with Crippen molar-refractivity contribution < 1.29 is 19.4 Å². The summed E-state index contributed by atoms with van der Waals surface area (Å²) in [7, 11) is 0. The Morgan fingerprint density at radius 3 is 2.55 bits per heavy atom. The number of carbonyl (C=O) groups excluding carboxylic acids is 2. The first kappa shape index (κ1) is 21.2. The summed E-state index contributed by atoms with van der Waals surface area (Å²) in [6, 6.07) is 11.4. The van der Waals surface area contributed by atoms with Crippen LogP contribution in [0.1, 0.15) is 23.2 Å². The zero-order valence-corrected chi connectivity index (χ0v) is 17.0. The van der Waals surface area contributed by atoms with Gasteiger partial charge in [0.25, 0.3) is 5.91 Å². The number of hydrogen-bond acceptors (Lipinski definition) is 4. The topological polar surface area (TPSA) is 99.7 Å². The van der Waals surface area contributed by atoms with Crippen LogP contribution >= 0.6 is 23.2 Å². The van der Waals surface area contributed by atoms with E-state index in [1.807, 2.05) is 0 Å². The standard InChI is InChI=1S/C20H21Cl2N3O4/c21-16-2-1-3-17(18(16)22)29-11-15(26)10-23-19(27)12-4-6-13(7-5-12)24-20(28)25-14-8-9-14/h1-7,14-15,26H,8-11H2,(H,23,27)(H2,24,25,28). The zero-order chi connectivity index (χ0) is 20.8. The molecule has 0 aliphatic heterocycles. The third-order valence-electron chi connectivity index (χ3n) is 4.16. The van der Waals surface area contributed by atoms with Crippen molar-refractivity contribution >= 4 is 40.8 Å². The van der Waals surface area contributed by atoms with Crippen LogP contribution in [-0.2, 0) is 0 Å². The van der Waals surface area contributed by atoms with Crippen LogP contribution in [0.4, 0.5) is 10.5 Å². The van der Waals surface area contributed by atoms with Crippen molar-refractivity contribution in [2.24, 2.45) is 0 Å². The summed E-state index contributed by atoms with van der Waals surface area (Å²) in [5, 5.41) is 18.8. The third-order valence-corrected chi connectivity index (χ3v) is 4.96. The zero-order valence-electron chi connectivity index (χ0n) is 15.5. The Hall–Kier alpha value is -2.48. The van der Waals surface area contributed by atoms with Gasteiger partial charge in [-0.3, -0.25) is 4.79 Å². The molecule has 0 saturated heterocycles. The largest absolute Gasteiger partial charge is 0.489 e. The molecule has 1 unspecified atom stereocenters. The fraction of sp³-hybridized carbons (Fsp3) is 0.300. The van der Waals surface area contributed by atoms with Crippen molar-refractivity contribution in [1.29, 1.82) is 0 Å². The number of hydrogen-bond donors (Lipinski definition) is 4. The molecule has 0 bridgehead atoms. The molecule has 0 radical (unpaired) electrons. The quantitative estimate of drug-likeness (QED) is 0.507. The fourth-order valence-electron chi connectivity index (χ4n) is 2.44. The number of amides is 3. The van der Waals surface area contributed by atoms with Gasteiger partial charge in [0.1, 0.15) is 23.5 Å². The van der Waals surface area contributed by atoms with Gasteiger partial charge in [0.15, 0.2) is 0 Å². The van der Waals surface area contributed by atoms with Crippen LogP contribution in [0, 0.1) is 0 Å². The van der Waals surface area contributed by atoms with Crippen LogP contribution in [0.25, 0.3) is 0 Å². The summed E-state index contributed by atoms with van der Waals surface area (Å²) >= 11 is 11.9. The second-order valence-electron chi connectivity index (χ2n) is 6.68. The number of rotatable bonds is 8. The number of carbonyl (C=O) groups is 2. The average Bonchev–Trinajstić information content (AvgIpc) is 3.51. The summed E-state index contributed by atoms with van der Waals surface area (Å²) in [5.41, 5.74) is 0.996. The van der Waals surface area contributed by atoms with E-state index in [0.717, 1.165) is 12.8 Å². The van der Waals surface area contributed by atoms with E-state index in [2.05, 4.69) is 16.0 Å². The Labute approximate surface area is 178 Å². The van der Waals surface area contributed by atoms with Gasteiger partial charge in [-0.25, -0.2) is 4.79 Å². The lowest BCUT2D eigenvalue weighted by Gasteiger charge is -2.14. The number of aliphatic hydroxyl groups excluding tert-OH is 1. The Kier molecular flexibility index (Phi) is 7.19. The number of benzene rings is 2. The smallest absolute Gasteiger partial charge is 0.319 e. The van der Waals surface area contributed by atoms with Crippen LogP contribution in [-0.4, -0.2) is 42.3 Å². The van der Waals surface area contributed by atoms with E-state index in [9.17, 15) is 14.7 Å². The number of anilines is 1. The van der Waals surface area contributed by atoms with Crippen molar-refractivity contribution in [2.75, 3.05) is 18.5 Å². The second-order valence-corrected chi connectivity index (χ2v) is 7.46. The summed E-state index contributed by atoms with van der Waals surface area (Å²) in [6.45, 7) is -0.0554. The molecule has 154 valence electrons. The predicted octanol–water partition coefficient (Wildman–Crippen LogP) is 3.45. The fourth-order valence-corrected chi connectivity index (χ4v) is 2.78. The van der Waals surface area contributed by atoms with Gasteiger partial charge >= 0.3 is 6.03 Å². The molecule has 1 fully saturated rings. The summed E-state index contributed by atoms with van der Waals surface area (Å²) in [4.78, 5) is 23.9. The molecular formula is C20H21Cl2N3O4. The molecular weight excluding hydrogens is 417 g/mol. The highest BCUT2D eigenvalue weighted by Crippen LogP contribution is 2.31. The lowest BCUT2D eigenvalue weighted by molar-refractivity contribution is 0.0844. The Morgan fingerprint density at radius 2 is 1.86 bits per heavy atom. The summed E-state index contributed by atoms with van der Waals surface area (Å²) in [6.07, 6.45) is 1.09. The maximum Gasteiger partial charge on any atom is 0.319 e. The molecule has 2 aromatic rings. The summed E-state index contributed by atoms with van der Waals surface area (Å²) < 4.78 is 5.44.